The molecule has 5 heteroatoms. The number of benzene rings is 1. The molecule has 2 aromatic rings. The molecule has 0 saturated carbocycles. The van der Waals surface area contributed by atoms with Gasteiger partial charge in [0.25, 0.3) is 0 Å². The Bertz CT molecular complexity index is 553. The first kappa shape index (κ1) is 13.3. The summed E-state index contributed by atoms with van der Waals surface area (Å²) in [6.07, 6.45) is 0. The first-order valence-electron chi connectivity index (χ1n) is 4.84. The Balaban J connectivity index is 2.43. The molecule has 0 radical (unpaired) electrons. The predicted octanol–water partition coefficient (Wildman–Crippen LogP) is 5.94. The van der Waals surface area contributed by atoms with Crippen LogP contribution in [0.1, 0.15) is 20.7 Å². The summed E-state index contributed by atoms with van der Waals surface area (Å²) < 4.78 is 14.7. The van der Waals surface area contributed by atoms with Crippen LogP contribution in [0.2, 0.25) is 5.02 Å². The summed E-state index contributed by atoms with van der Waals surface area (Å²) in [6, 6.07) is 6.52. The largest absolute Gasteiger partial charge is 0.207 e. The second-order valence-corrected chi connectivity index (χ2v) is 6.61. The second kappa shape index (κ2) is 5.27. The highest BCUT2D eigenvalue weighted by molar-refractivity contribution is 9.10. The van der Waals surface area contributed by atoms with Gasteiger partial charge in [0.05, 0.1) is 5.38 Å². The maximum atomic E-state index is 13.7. The molecule has 1 aromatic heterocycles. The van der Waals surface area contributed by atoms with Gasteiger partial charge in [0, 0.05) is 24.8 Å². The van der Waals surface area contributed by atoms with Crippen molar-refractivity contribution in [2.75, 3.05) is 0 Å². The van der Waals surface area contributed by atoms with Crippen molar-refractivity contribution in [2.45, 2.75) is 12.3 Å². The highest BCUT2D eigenvalue weighted by Crippen LogP contribution is 2.40. The normalized spacial score (nSPS) is 12.8. The van der Waals surface area contributed by atoms with Gasteiger partial charge in [-0.25, -0.2) is 4.39 Å². The molecule has 0 spiro atoms. The highest BCUT2D eigenvalue weighted by atomic mass is 79.9. The maximum Gasteiger partial charge on any atom is 0.129 e. The smallest absolute Gasteiger partial charge is 0.129 e. The SMILES string of the molecule is Cc1cc(Br)c(C(Cl)c2ccc(Cl)cc2F)s1. The van der Waals surface area contributed by atoms with E-state index in [0.29, 0.717) is 10.6 Å². The molecule has 0 amide bonds. The van der Waals surface area contributed by atoms with E-state index in [4.69, 9.17) is 23.2 Å². The van der Waals surface area contributed by atoms with E-state index in [9.17, 15) is 4.39 Å². The fraction of sp³-hybridized carbons (Fsp3) is 0.167. The molecule has 0 aliphatic carbocycles. The molecule has 17 heavy (non-hydrogen) atoms. The van der Waals surface area contributed by atoms with Crippen LogP contribution in [0, 0.1) is 12.7 Å². The minimum Gasteiger partial charge on any atom is -0.207 e. The topological polar surface area (TPSA) is 0 Å². The van der Waals surface area contributed by atoms with Crippen molar-refractivity contribution in [1.29, 1.82) is 0 Å². The summed E-state index contributed by atoms with van der Waals surface area (Å²) in [4.78, 5) is 2.04. The molecular weight excluding hydrogens is 346 g/mol. The van der Waals surface area contributed by atoms with Crippen LogP contribution in [-0.4, -0.2) is 0 Å². The zero-order valence-corrected chi connectivity index (χ0v) is 12.7. The first-order valence-corrected chi connectivity index (χ1v) is 7.26. The highest BCUT2D eigenvalue weighted by Gasteiger charge is 2.20. The quantitative estimate of drug-likeness (QED) is 0.586. The fourth-order valence-electron chi connectivity index (χ4n) is 1.52. The number of hydrogen-bond donors (Lipinski definition) is 0. The van der Waals surface area contributed by atoms with Crippen LogP contribution in [0.25, 0.3) is 0 Å². The van der Waals surface area contributed by atoms with E-state index in [-0.39, 0.29) is 5.82 Å². The molecule has 0 aliphatic heterocycles. The number of hydrogen-bond acceptors (Lipinski definition) is 1. The van der Waals surface area contributed by atoms with Gasteiger partial charge in [-0.05, 0) is 41.1 Å². The summed E-state index contributed by atoms with van der Waals surface area (Å²) in [5.41, 5.74) is 0.443. The number of rotatable bonds is 2. The van der Waals surface area contributed by atoms with Gasteiger partial charge in [-0.1, -0.05) is 17.7 Å². The number of thiophene rings is 1. The Morgan fingerprint density at radius 3 is 2.59 bits per heavy atom. The monoisotopic (exact) mass is 352 g/mol. The Labute approximate surface area is 121 Å². The minimum atomic E-state index is -0.500. The van der Waals surface area contributed by atoms with Crippen molar-refractivity contribution in [3.05, 3.63) is 54.9 Å². The Morgan fingerprint density at radius 2 is 2.06 bits per heavy atom. The molecule has 0 saturated heterocycles. The van der Waals surface area contributed by atoms with Crippen molar-refractivity contribution < 1.29 is 4.39 Å². The second-order valence-electron chi connectivity index (χ2n) is 3.60. The van der Waals surface area contributed by atoms with Crippen LogP contribution in [0.4, 0.5) is 4.39 Å². The van der Waals surface area contributed by atoms with Gasteiger partial charge < -0.3 is 0 Å². The van der Waals surface area contributed by atoms with Gasteiger partial charge in [0.1, 0.15) is 5.82 Å². The lowest BCUT2D eigenvalue weighted by molar-refractivity contribution is 0.613. The van der Waals surface area contributed by atoms with Gasteiger partial charge in [-0.2, -0.15) is 0 Å². The van der Waals surface area contributed by atoms with Crippen LogP contribution < -0.4 is 0 Å². The Morgan fingerprint density at radius 1 is 1.35 bits per heavy atom. The zero-order valence-electron chi connectivity index (χ0n) is 8.81. The summed E-state index contributed by atoms with van der Waals surface area (Å²) in [6.45, 7) is 1.99. The summed E-state index contributed by atoms with van der Waals surface area (Å²) in [5, 5.41) is -0.128. The molecule has 0 fully saturated rings. The van der Waals surface area contributed by atoms with Crippen LogP contribution in [0.15, 0.2) is 28.7 Å². The lowest BCUT2D eigenvalue weighted by Gasteiger charge is -2.10. The average Bonchev–Trinajstić information content (AvgIpc) is 2.57. The third kappa shape index (κ3) is 2.84. The van der Waals surface area contributed by atoms with Gasteiger partial charge in [0.2, 0.25) is 0 Å². The molecule has 0 bridgehead atoms. The molecule has 0 N–H and O–H groups in total. The van der Waals surface area contributed by atoms with E-state index in [0.717, 1.165) is 14.2 Å². The fourth-order valence-corrected chi connectivity index (χ4v) is 4.12. The predicted molar refractivity (Wildman–Crippen MR) is 75.9 cm³/mol. The van der Waals surface area contributed by atoms with Gasteiger partial charge in [-0.3, -0.25) is 0 Å². The van der Waals surface area contributed by atoms with Gasteiger partial charge in [0.15, 0.2) is 0 Å². The third-order valence-electron chi connectivity index (χ3n) is 2.30. The molecule has 1 unspecified atom stereocenters. The van der Waals surface area contributed by atoms with Crippen molar-refractivity contribution in [3.8, 4) is 0 Å². The summed E-state index contributed by atoms with van der Waals surface area (Å²) in [5.74, 6) is -0.379. The zero-order chi connectivity index (χ0) is 12.6. The van der Waals surface area contributed by atoms with E-state index in [1.54, 1.807) is 23.5 Å². The third-order valence-corrected chi connectivity index (χ3v) is 5.15. The molecule has 90 valence electrons. The summed E-state index contributed by atoms with van der Waals surface area (Å²) in [7, 11) is 0. The van der Waals surface area contributed by atoms with E-state index < -0.39 is 5.38 Å². The maximum absolute atomic E-state index is 13.7. The average molecular weight is 354 g/mol. The number of aryl methyl sites for hydroxylation is 1. The van der Waals surface area contributed by atoms with Crippen molar-refractivity contribution >= 4 is 50.5 Å². The van der Waals surface area contributed by atoms with Crippen LogP contribution >= 0.6 is 50.5 Å². The Kier molecular flexibility index (Phi) is 4.14. The lowest BCUT2D eigenvalue weighted by atomic mass is 10.1. The lowest BCUT2D eigenvalue weighted by Crippen LogP contribution is -1.95. The number of halogens is 4. The van der Waals surface area contributed by atoms with E-state index >= 15 is 0 Å². The van der Waals surface area contributed by atoms with E-state index in [2.05, 4.69) is 15.9 Å². The van der Waals surface area contributed by atoms with Crippen LogP contribution in [-0.2, 0) is 0 Å². The van der Waals surface area contributed by atoms with Crippen molar-refractivity contribution in [1.82, 2.24) is 0 Å². The van der Waals surface area contributed by atoms with E-state index in [1.807, 2.05) is 13.0 Å². The standard InChI is InChI=1S/C12H8BrCl2FS/c1-6-4-9(13)12(17-6)11(15)8-3-2-7(14)5-10(8)16/h2-5,11H,1H3. The van der Waals surface area contributed by atoms with E-state index in [1.165, 1.54) is 6.07 Å². The number of alkyl halides is 1. The molecular formula is C12H8BrCl2FS. The molecule has 0 aliphatic rings. The molecule has 1 heterocycles. The Hall–Kier alpha value is -0.0900. The molecule has 1 atom stereocenters. The summed E-state index contributed by atoms with van der Waals surface area (Å²) >= 11 is 17.0. The molecule has 2 rings (SSSR count). The van der Waals surface area contributed by atoms with Crippen LogP contribution in [0.3, 0.4) is 0 Å². The van der Waals surface area contributed by atoms with Crippen molar-refractivity contribution in [3.63, 3.8) is 0 Å². The molecule has 0 nitrogen and oxygen atoms in total. The van der Waals surface area contributed by atoms with Crippen LogP contribution in [0.5, 0.6) is 0 Å². The molecule has 1 aromatic carbocycles. The minimum absolute atomic E-state index is 0.372. The van der Waals surface area contributed by atoms with Crippen molar-refractivity contribution in [2.24, 2.45) is 0 Å². The van der Waals surface area contributed by atoms with Gasteiger partial charge in [-0.15, -0.1) is 22.9 Å². The first-order chi connectivity index (χ1) is 7.99. The van der Waals surface area contributed by atoms with Gasteiger partial charge >= 0.3 is 0 Å².